The molecule has 0 saturated heterocycles. The van der Waals surface area contributed by atoms with Crippen molar-refractivity contribution >= 4 is 27.9 Å². The van der Waals surface area contributed by atoms with Gasteiger partial charge in [-0.1, -0.05) is 39.8 Å². The summed E-state index contributed by atoms with van der Waals surface area (Å²) < 4.78 is 0. The minimum atomic E-state index is -0.0755. The quantitative estimate of drug-likeness (QED) is 0.784. The highest BCUT2D eigenvalue weighted by molar-refractivity contribution is 7.16. The number of amides is 1. The van der Waals surface area contributed by atoms with Crippen LogP contribution in [0.5, 0.6) is 0 Å². The Morgan fingerprint density at radius 1 is 1.28 bits per heavy atom. The number of rotatable bonds is 3. The zero-order valence-corrected chi connectivity index (χ0v) is 16.4. The molecule has 1 aromatic carbocycles. The lowest BCUT2D eigenvalue weighted by molar-refractivity contribution is 0.102. The van der Waals surface area contributed by atoms with E-state index in [2.05, 4.69) is 45.1 Å². The molecule has 2 aromatic rings. The lowest BCUT2D eigenvalue weighted by Crippen LogP contribution is -2.27. The summed E-state index contributed by atoms with van der Waals surface area (Å²) in [5.41, 5.74) is 10.5. The van der Waals surface area contributed by atoms with E-state index in [-0.39, 0.29) is 5.91 Å². The van der Waals surface area contributed by atoms with Gasteiger partial charge in [0.05, 0.1) is 10.6 Å². The molecule has 0 saturated carbocycles. The van der Waals surface area contributed by atoms with Crippen molar-refractivity contribution in [2.75, 3.05) is 11.1 Å². The van der Waals surface area contributed by atoms with Gasteiger partial charge in [-0.25, -0.2) is 0 Å². The monoisotopic (exact) mass is 356 g/mol. The Hall–Kier alpha value is -1.81. The molecule has 4 heteroatoms. The molecule has 1 aliphatic rings. The number of thiophene rings is 1. The molecule has 134 valence electrons. The third kappa shape index (κ3) is 3.74. The molecule has 0 bridgehead atoms. The van der Waals surface area contributed by atoms with Crippen molar-refractivity contribution in [2.24, 2.45) is 11.3 Å². The van der Waals surface area contributed by atoms with Gasteiger partial charge in [-0.15, -0.1) is 11.3 Å². The van der Waals surface area contributed by atoms with E-state index in [1.807, 2.05) is 12.1 Å². The summed E-state index contributed by atoms with van der Waals surface area (Å²) in [6.07, 6.45) is 4.10. The largest absolute Gasteiger partial charge is 0.390 e. The van der Waals surface area contributed by atoms with Gasteiger partial charge in [-0.2, -0.15) is 0 Å². The summed E-state index contributed by atoms with van der Waals surface area (Å²) in [6.45, 7) is 9.02. The lowest BCUT2D eigenvalue weighted by atomic mass is 9.72. The Kier molecular flexibility index (Phi) is 4.92. The smallest absolute Gasteiger partial charge is 0.258 e. The van der Waals surface area contributed by atoms with E-state index >= 15 is 0 Å². The molecule has 0 aliphatic heterocycles. The predicted molar refractivity (Wildman–Crippen MR) is 107 cm³/mol. The number of anilines is 2. The maximum Gasteiger partial charge on any atom is 0.258 e. The molecule has 1 aromatic heterocycles. The summed E-state index contributed by atoms with van der Waals surface area (Å²) >= 11 is 1.60. The van der Waals surface area contributed by atoms with Crippen LogP contribution in [0.1, 0.15) is 60.5 Å². The van der Waals surface area contributed by atoms with Crippen LogP contribution < -0.4 is 11.1 Å². The molecule has 0 radical (unpaired) electrons. The van der Waals surface area contributed by atoms with Crippen LogP contribution in [0.2, 0.25) is 0 Å². The first-order chi connectivity index (χ1) is 11.8. The van der Waals surface area contributed by atoms with Crippen LogP contribution in [0.4, 0.5) is 10.7 Å². The van der Waals surface area contributed by atoms with E-state index in [1.54, 1.807) is 11.3 Å². The van der Waals surface area contributed by atoms with Crippen LogP contribution >= 0.6 is 11.3 Å². The van der Waals surface area contributed by atoms with Crippen molar-refractivity contribution in [1.29, 1.82) is 0 Å². The number of nitrogens with two attached hydrogens (primary N) is 1. The minimum Gasteiger partial charge on any atom is -0.390 e. The standard InChI is InChI=1S/C21H28N2OS/c1-5-13-6-9-15(10-7-13)23-20(24)18-16-11-8-14(21(2,3)4)12-17(16)25-19(18)22/h6-7,9-10,14H,5,8,11-12,22H2,1-4H3,(H,23,24). The second-order valence-electron chi connectivity index (χ2n) is 8.05. The number of hydrogen-bond donors (Lipinski definition) is 2. The number of carbonyl (C=O) groups excluding carboxylic acids is 1. The van der Waals surface area contributed by atoms with Gasteiger partial charge in [-0.3, -0.25) is 4.79 Å². The Morgan fingerprint density at radius 3 is 2.56 bits per heavy atom. The van der Waals surface area contributed by atoms with Crippen LogP contribution in [-0.2, 0) is 19.3 Å². The summed E-state index contributed by atoms with van der Waals surface area (Å²) in [7, 11) is 0. The van der Waals surface area contributed by atoms with Gasteiger partial charge in [0, 0.05) is 10.6 Å². The fraction of sp³-hybridized carbons (Fsp3) is 0.476. The van der Waals surface area contributed by atoms with Crippen molar-refractivity contribution < 1.29 is 4.79 Å². The topological polar surface area (TPSA) is 55.1 Å². The Balaban J connectivity index is 1.81. The molecule has 1 aliphatic carbocycles. The fourth-order valence-electron chi connectivity index (χ4n) is 3.61. The third-order valence-electron chi connectivity index (χ3n) is 5.36. The van der Waals surface area contributed by atoms with Crippen molar-refractivity contribution in [1.82, 2.24) is 0 Å². The Morgan fingerprint density at radius 2 is 1.96 bits per heavy atom. The minimum absolute atomic E-state index is 0.0755. The number of nitrogens with one attached hydrogen (secondary N) is 1. The predicted octanol–water partition coefficient (Wildman–Crippen LogP) is 5.30. The molecule has 1 amide bonds. The number of carbonyl (C=O) groups is 1. The molecule has 25 heavy (non-hydrogen) atoms. The van der Waals surface area contributed by atoms with Crippen molar-refractivity contribution in [3.63, 3.8) is 0 Å². The molecule has 0 spiro atoms. The lowest BCUT2D eigenvalue weighted by Gasteiger charge is -2.33. The van der Waals surface area contributed by atoms with Crippen molar-refractivity contribution in [2.45, 2.75) is 53.4 Å². The molecule has 1 atom stereocenters. The first-order valence-electron chi connectivity index (χ1n) is 9.10. The van der Waals surface area contributed by atoms with E-state index in [4.69, 9.17) is 5.73 Å². The van der Waals surface area contributed by atoms with E-state index < -0.39 is 0 Å². The highest BCUT2D eigenvalue weighted by Crippen LogP contribution is 2.43. The van der Waals surface area contributed by atoms with E-state index in [0.717, 1.165) is 31.4 Å². The van der Waals surface area contributed by atoms with Crippen molar-refractivity contribution in [3.05, 3.63) is 45.8 Å². The summed E-state index contributed by atoms with van der Waals surface area (Å²) in [5.74, 6) is 0.573. The van der Waals surface area contributed by atoms with Gasteiger partial charge in [-0.05, 0) is 60.3 Å². The van der Waals surface area contributed by atoms with Crippen LogP contribution in [0, 0.1) is 11.3 Å². The Labute approximate surface area is 154 Å². The number of fused-ring (bicyclic) bond motifs is 1. The number of nitrogen functional groups attached to an aromatic ring is 1. The number of aryl methyl sites for hydroxylation is 1. The highest BCUT2D eigenvalue weighted by Gasteiger charge is 2.33. The maximum atomic E-state index is 12.8. The van der Waals surface area contributed by atoms with Crippen LogP contribution in [0.15, 0.2) is 24.3 Å². The summed E-state index contributed by atoms with van der Waals surface area (Å²) in [5, 5.41) is 3.67. The molecule has 3 nitrogen and oxygen atoms in total. The first-order valence-corrected chi connectivity index (χ1v) is 9.91. The fourth-order valence-corrected chi connectivity index (χ4v) is 4.81. The second-order valence-corrected chi connectivity index (χ2v) is 9.19. The summed E-state index contributed by atoms with van der Waals surface area (Å²) in [4.78, 5) is 14.1. The molecular weight excluding hydrogens is 328 g/mol. The van der Waals surface area contributed by atoms with Gasteiger partial charge in [0.15, 0.2) is 0 Å². The molecular formula is C21H28N2OS. The average molecular weight is 357 g/mol. The number of benzene rings is 1. The average Bonchev–Trinajstić information content (AvgIpc) is 2.89. The van der Waals surface area contributed by atoms with E-state index in [1.165, 1.54) is 16.0 Å². The second kappa shape index (κ2) is 6.83. The molecule has 1 unspecified atom stereocenters. The van der Waals surface area contributed by atoms with Gasteiger partial charge in [0.2, 0.25) is 0 Å². The van der Waals surface area contributed by atoms with Crippen LogP contribution in [0.25, 0.3) is 0 Å². The zero-order valence-electron chi connectivity index (χ0n) is 15.6. The maximum absolute atomic E-state index is 12.8. The van der Waals surface area contributed by atoms with Gasteiger partial charge in [0.25, 0.3) is 5.91 Å². The van der Waals surface area contributed by atoms with E-state index in [9.17, 15) is 4.79 Å². The SMILES string of the molecule is CCc1ccc(NC(=O)c2c(N)sc3c2CCC(C(C)(C)C)C3)cc1. The van der Waals surface area contributed by atoms with E-state index in [0.29, 0.717) is 21.9 Å². The zero-order chi connectivity index (χ0) is 18.2. The summed E-state index contributed by atoms with van der Waals surface area (Å²) in [6, 6.07) is 8.02. The molecule has 0 fully saturated rings. The van der Waals surface area contributed by atoms with Crippen LogP contribution in [0.3, 0.4) is 0 Å². The molecule has 3 rings (SSSR count). The molecule has 1 heterocycles. The van der Waals surface area contributed by atoms with Crippen LogP contribution in [-0.4, -0.2) is 5.91 Å². The highest BCUT2D eigenvalue weighted by atomic mass is 32.1. The van der Waals surface area contributed by atoms with Gasteiger partial charge >= 0.3 is 0 Å². The van der Waals surface area contributed by atoms with Gasteiger partial charge in [0.1, 0.15) is 0 Å². The normalized spacial score (nSPS) is 17.2. The Bertz CT molecular complexity index is 768. The third-order valence-corrected chi connectivity index (χ3v) is 6.45. The van der Waals surface area contributed by atoms with Crippen molar-refractivity contribution in [3.8, 4) is 0 Å². The first kappa shape index (κ1) is 18.0. The number of hydrogen-bond acceptors (Lipinski definition) is 3. The molecule has 3 N–H and O–H groups in total. The van der Waals surface area contributed by atoms with Gasteiger partial charge < -0.3 is 11.1 Å².